The summed E-state index contributed by atoms with van der Waals surface area (Å²) in [4.78, 5) is 29.6. The standard InChI is InChI=1S/C17H19ClN4O3/c1-11-8-12(18)2-3-14(11)25-10-16(23)21-5-4-15-20-13(17(19)24)9-22(15)7-6-21/h2-3,8-9H,4-7,10H2,1H3,(H2,19,24). The normalized spacial score (nSPS) is 13.9. The number of carbonyl (C=O) groups is 2. The van der Waals surface area contributed by atoms with Gasteiger partial charge in [0, 0.05) is 37.3 Å². The zero-order valence-corrected chi connectivity index (χ0v) is 14.6. The van der Waals surface area contributed by atoms with E-state index in [1.54, 1.807) is 29.3 Å². The molecule has 7 nitrogen and oxygen atoms in total. The minimum Gasteiger partial charge on any atom is -0.483 e. The lowest BCUT2D eigenvalue weighted by molar-refractivity contribution is -0.133. The first-order chi connectivity index (χ1) is 11.9. The van der Waals surface area contributed by atoms with Gasteiger partial charge in [-0.15, -0.1) is 0 Å². The Hall–Kier alpha value is -2.54. The predicted molar refractivity (Wildman–Crippen MR) is 92.7 cm³/mol. The maximum Gasteiger partial charge on any atom is 0.268 e. The highest BCUT2D eigenvalue weighted by molar-refractivity contribution is 6.30. The smallest absolute Gasteiger partial charge is 0.268 e. The van der Waals surface area contributed by atoms with Gasteiger partial charge in [-0.2, -0.15) is 0 Å². The molecule has 1 aliphatic heterocycles. The number of aromatic nitrogens is 2. The van der Waals surface area contributed by atoms with Crippen molar-refractivity contribution in [3.05, 3.63) is 46.5 Å². The Morgan fingerprint density at radius 2 is 2.12 bits per heavy atom. The van der Waals surface area contributed by atoms with Gasteiger partial charge >= 0.3 is 0 Å². The first-order valence-corrected chi connectivity index (χ1v) is 8.34. The molecule has 0 bridgehead atoms. The zero-order chi connectivity index (χ0) is 18.0. The second-order valence-corrected chi connectivity index (χ2v) is 6.37. The van der Waals surface area contributed by atoms with Crippen LogP contribution in [0.4, 0.5) is 0 Å². The SMILES string of the molecule is Cc1cc(Cl)ccc1OCC(=O)N1CCc2nc(C(N)=O)cn2CC1. The van der Waals surface area contributed by atoms with Gasteiger partial charge in [-0.05, 0) is 30.7 Å². The largest absolute Gasteiger partial charge is 0.483 e. The van der Waals surface area contributed by atoms with Crippen molar-refractivity contribution in [2.45, 2.75) is 19.9 Å². The van der Waals surface area contributed by atoms with E-state index >= 15 is 0 Å². The highest BCUT2D eigenvalue weighted by Crippen LogP contribution is 2.21. The molecule has 2 N–H and O–H groups in total. The summed E-state index contributed by atoms with van der Waals surface area (Å²) < 4.78 is 7.50. The quantitative estimate of drug-likeness (QED) is 0.890. The molecule has 0 saturated carbocycles. The summed E-state index contributed by atoms with van der Waals surface area (Å²) in [6.07, 6.45) is 2.21. The van der Waals surface area contributed by atoms with E-state index in [0.29, 0.717) is 36.8 Å². The first-order valence-electron chi connectivity index (χ1n) is 7.96. The summed E-state index contributed by atoms with van der Waals surface area (Å²) in [6.45, 7) is 3.48. The molecule has 132 valence electrons. The van der Waals surface area contributed by atoms with Crippen molar-refractivity contribution in [1.29, 1.82) is 0 Å². The highest BCUT2D eigenvalue weighted by Gasteiger charge is 2.21. The van der Waals surface area contributed by atoms with Crippen molar-refractivity contribution >= 4 is 23.4 Å². The van der Waals surface area contributed by atoms with Crippen LogP contribution in [0, 0.1) is 6.92 Å². The summed E-state index contributed by atoms with van der Waals surface area (Å²) in [6, 6.07) is 5.28. The van der Waals surface area contributed by atoms with Gasteiger partial charge in [-0.25, -0.2) is 4.98 Å². The number of nitrogens with two attached hydrogens (primary N) is 1. The van der Waals surface area contributed by atoms with Gasteiger partial charge in [0.05, 0.1) is 0 Å². The van der Waals surface area contributed by atoms with Crippen LogP contribution in [0.25, 0.3) is 0 Å². The van der Waals surface area contributed by atoms with Crippen LogP contribution >= 0.6 is 11.6 Å². The van der Waals surface area contributed by atoms with Crippen LogP contribution in [0.5, 0.6) is 5.75 Å². The van der Waals surface area contributed by atoms with Gasteiger partial charge in [-0.3, -0.25) is 9.59 Å². The zero-order valence-electron chi connectivity index (χ0n) is 13.9. The average Bonchev–Trinajstić information content (AvgIpc) is 2.87. The Morgan fingerprint density at radius 3 is 2.84 bits per heavy atom. The Labute approximate surface area is 150 Å². The van der Waals surface area contributed by atoms with Gasteiger partial charge in [-0.1, -0.05) is 11.6 Å². The van der Waals surface area contributed by atoms with Gasteiger partial charge < -0.3 is 19.9 Å². The molecule has 0 fully saturated rings. The molecule has 25 heavy (non-hydrogen) atoms. The maximum absolute atomic E-state index is 12.4. The number of imidazole rings is 1. The van der Waals surface area contributed by atoms with Crippen molar-refractivity contribution in [2.75, 3.05) is 19.7 Å². The van der Waals surface area contributed by atoms with Gasteiger partial charge in [0.25, 0.3) is 11.8 Å². The molecular formula is C17H19ClN4O3. The second kappa shape index (κ2) is 7.14. The number of carbonyl (C=O) groups excluding carboxylic acids is 2. The molecule has 1 aromatic carbocycles. The van der Waals surface area contributed by atoms with Gasteiger partial charge in [0.1, 0.15) is 17.3 Å². The third-order valence-electron chi connectivity index (χ3n) is 4.17. The molecule has 0 radical (unpaired) electrons. The van der Waals surface area contributed by atoms with E-state index in [0.717, 1.165) is 11.4 Å². The number of aryl methyl sites for hydroxylation is 1. The van der Waals surface area contributed by atoms with Gasteiger partial charge in [0.2, 0.25) is 0 Å². The van der Waals surface area contributed by atoms with Crippen molar-refractivity contribution in [1.82, 2.24) is 14.5 Å². The van der Waals surface area contributed by atoms with Crippen molar-refractivity contribution in [2.24, 2.45) is 5.73 Å². The van der Waals surface area contributed by atoms with Crippen LogP contribution in [0.1, 0.15) is 21.9 Å². The third kappa shape index (κ3) is 3.93. The summed E-state index contributed by atoms with van der Waals surface area (Å²) >= 11 is 5.92. The van der Waals surface area contributed by atoms with E-state index in [2.05, 4.69) is 4.98 Å². The van der Waals surface area contributed by atoms with E-state index in [9.17, 15) is 9.59 Å². The van der Waals surface area contributed by atoms with Crippen molar-refractivity contribution in [3.8, 4) is 5.75 Å². The van der Waals surface area contributed by atoms with Crippen LogP contribution in [0.15, 0.2) is 24.4 Å². The Morgan fingerprint density at radius 1 is 1.32 bits per heavy atom. The minimum atomic E-state index is -0.541. The van der Waals surface area contributed by atoms with Crippen LogP contribution < -0.4 is 10.5 Å². The molecule has 2 aromatic rings. The number of nitrogens with zero attached hydrogens (tertiary/aromatic N) is 3. The van der Waals surface area contributed by atoms with E-state index in [4.69, 9.17) is 22.1 Å². The molecule has 0 spiro atoms. The molecule has 1 aromatic heterocycles. The fourth-order valence-corrected chi connectivity index (χ4v) is 3.02. The molecule has 0 unspecified atom stereocenters. The lowest BCUT2D eigenvalue weighted by Gasteiger charge is -2.20. The van der Waals surface area contributed by atoms with Crippen LogP contribution in [0.2, 0.25) is 5.02 Å². The fourth-order valence-electron chi connectivity index (χ4n) is 2.80. The fraction of sp³-hybridized carbons (Fsp3) is 0.353. The van der Waals surface area contributed by atoms with Crippen LogP contribution in [-0.2, 0) is 17.8 Å². The second-order valence-electron chi connectivity index (χ2n) is 5.93. The number of primary amides is 1. The van der Waals surface area contributed by atoms with E-state index in [-0.39, 0.29) is 18.2 Å². The molecule has 2 amide bonds. The number of fused-ring (bicyclic) bond motifs is 1. The van der Waals surface area contributed by atoms with E-state index in [1.807, 2.05) is 11.5 Å². The summed E-state index contributed by atoms with van der Waals surface area (Å²) in [5, 5.41) is 0.633. The number of hydrogen-bond donors (Lipinski definition) is 1. The molecule has 8 heteroatoms. The monoisotopic (exact) mass is 362 g/mol. The minimum absolute atomic E-state index is 0.0304. The Bertz CT molecular complexity index is 793. The summed E-state index contributed by atoms with van der Waals surface area (Å²) in [5.74, 6) is 0.778. The van der Waals surface area contributed by atoms with E-state index < -0.39 is 5.91 Å². The molecule has 0 saturated heterocycles. The number of hydrogen-bond acceptors (Lipinski definition) is 4. The summed E-state index contributed by atoms with van der Waals surface area (Å²) in [5.41, 5.74) is 6.40. The molecule has 1 aliphatic rings. The van der Waals surface area contributed by atoms with Crippen LogP contribution in [-0.4, -0.2) is 46.0 Å². The number of amides is 2. The average molecular weight is 363 g/mol. The molecule has 3 rings (SSSR count). The number of rotatable bonds is 4. The maximum atomic E-state index is 12.4. The number of halogens is 1. The van der Waals surface area contributed by atoms with Gasteiger partial charge in [0.15, 0.2) is 6.61 Å². The molecular weight excluding hydrogens is 344 g/mol. The lowest BCUT2D eigenvalue weighted by atomic mass is 10.2. The number of benzene rings is 1. The van der Waals surface area contributed by atoms with Crippen molar-refractivity contribution in [3.63, 3.8) is 0 Å². The predicted octanol–water partition coefficient (Wildman–Crippen LogP) is 1.41. The van der Waals surface area contributed by atoms with E-state index in [1.165, 1.54) is 0 Å². The summed E-state index contributed by atoms with van der Waals surface area (Å²) in [7, 11) is 0. The highest BCUT2D eigenvalue weighted by atomic mass is 35.5. The van der Waals surface area contributed by atoms with Crippen LogP contribution in [0.3, 0.4) is 0 Å². The lowest BCUT2D eigenvalue weighted by Crippen LogP contribution is -2.37. The molecule has 2 heterocycles. The molecule has 0 aliphatic carbocycles. The number of ether oxygens (including phenoxy) is 1. The van der Waals surface area contributed by atoms with Crippen molar-refractivity contribution < 1.29 is 14.3 Å². The Balaban J connectivity index is 1.58. The first kappa shape index (κ1) is 17.3. The molecule has 0 atom stereocenters. The Kier molecular flexibility index (Phi) is 4.94. The third-order valence-corrected chi connectivity index (χ3v) is 4.40. The topological polar surface area (TPSA) is 90.5 Å².